The third-order valence-electron chi connectivity index (χ3n) is 2.86. The van der Waals surface area contributed by atoms with Gasteiger partial charge in [-0.25, -0.2) is 0 Å². The fourth-order valence-corrected chi connectivity index (χ4v) is 2.13. The van der Waals surface area contributed by atoms with Crippen LogP contribution in [0.5, 0.6) is 0 Å². The maximum Gasteiger partial charge on any atom is 0.277 e. The average molecular weight is 327 g/mol. The molecule has 1 aromatic rings. The van der Waals surface area contributed by atoms with E-state index in [1.54, 1.807) is 29.2 Å². The van der Waals surface area contributed by atoms with Crippen LogP contribution in [0.3, 0.4) is 0 Å². The molecular formula is C13H15ClN4O2S. The number of hydrogen-bond acceptors (Lipinski definition) is 5. The van der Waals surface area contributed by atoms with Gasteiger partial charge >= 0.3 is 0 Å². The maximum atomic E-state index is 12.3. The van der Waals surface area contributed by atoms with Crippen molar-refractivity contribution in [3.63, 3.8) is 0 Å². The molecule has 0 unspecified atom stereocenters. The molecule has 8 heteroatoms. The Bertz CT molecular complexity index is 573. The van der Waals surface area contributed by atoms with Gasteiger partial charge in [-0.15, -0.1) is 0 Å². The quantitative estimate of drug-likeness (QED) is 0.494. The molecule has 1 aliphatic rings. The molecule has 1 aromatic carbocycles. The number of anilines is 1. The van der Waals surface area contributed by atoms with Crippen LogP contribution in [0.2, 0.25) is 5.02 Å². The molecule has 21 heavy (non-hydrogen) atoms. The number of halogens is 1. The number of nitrogens with two attached hydrogens (primary N) is 1. The highest BCUT2D eigenvalue weighted by Crippen LogP contribution is 2.14. The number of amides is 1. The molecule has 0 aliphatic carbocycles. The van der Waals surface area contributed by atoms with E-state index in [0.29, 0.717) is 37.0 Å². The first-order valence-electron chi connectivity index (χ1n) is 6.34. The largest absolute Gasteiger partial charge is 0.388 e. The van der Waals surface area contributed by atoms with E-state index in [1.807, 2.05) is 0 Å². The van der Waals surface area contributed by atoms with Crippen LogP contribution in [0, 0.1) is 0 Å². The van der Waals surface area contributed by atoms with Crippen LogP contribution in [-0.4, -0.2) is 47.8 Å². The number of carbonyl (C=O) groups is 1. The van der Waals surface area contributed by atoms with Crippen LogP contribution in [0.15, 0.2) is 29.4 Å². The molecule has 0 saturated carbocycles. The lowest BCUT2D eigenvalue weighted by Crippen LogP contribution is -2.47. The Morgan fingerprint density at radius 1 is 1.43 bits per heavy atom. The van der Waals surface area contributed by atoms with Crippen molar-refractivity contribution in [3.8, 4) is 0 Å². The Kier molecular flexibility index (Phi) is 5.49. The molecule has 1 amide bonds. The van der Waals surface area contributed by atoms with Crippen LogP contribution in [0.4, 0.5) is 5.69 Å². The van der Waals surface area contributed by atoms with E-state index < -0.39 is 0 Å². The van der Waals surface area contributed by atoms with E-state index in [-0.39, 0.29) is 16.6 Å². The van der Waals surface area contributed by atoms with Crippen LogP contribution in [0.1, 0.15) is 0 Å². The summed E-state index contributed by atoms with van der Waals surface area (Å²) in [5, 5.41) is 4.58. The van der Waals surface area contributed by atoms with Gasteiger partial charge in [0.05, 0.1) is 18.9 Å². The molecule has 0 bridgehead atoms. The van der Waals surface area contributed by atoms with E-state index in [0.717, 1.165) is 0 Å². The monoisotopic (exact) mass is 326 g/mol. The van der Waals surface area contributed by atoms with Crippen molar-refractivity contribution in [2.75, 3.05) is 31.7 Å². The summed E-state index contributed by atoms with van der Waals surface area (Å²) in [6.45, 7) is 1.99. The second kappa shape index (κ2) is 7.35. The van der Waals surface area contributed by atoms with Crippen molar-refractivity contribution in [2.45, 2.75) is 0 Å². The summed E-state index contributed by atoms with van der Waals surface area (Å²) in [6.07, 6.45) is 0. The van der Waals surface area contributed by atoms with Gasteiger partial charge < -0.3 is 15.4 Å². The highest BCUT2D eigenvalue weighted by molar-refractivity contribution is 7.82. The smallest absolute Gasteiger partial charge is 0.277 e. The van der Waals surface area contributed by atoms with E-state index >= 15 is 0 Å². The summed E-state index contributed by atoms with van der Waals surface area (Å²) in [4.78, 5) is 13.9. The molecule has 112 valence electrons. The molecule has 0 radical (unpaired) electrons. The molecular weight excluding hydrogens is 312 g/mol. The van der Waals surface area contributed by atoms with Gasteiger partial charge in [0.2, 0.25) is 0 Å². The van der Waals surface area contributed by atoms with Gasteiger partial charge in [0.15, 0.2) is 5.71 Å². The maximum absolute atomic E-state index is 12.3. The lowest BCUT2D eigenvalue weighted by Gasteiger charge is -2.26. The molecule has 0 spiro atoms. The summed E-state index contributed by atoms with van der Waals surface area (Å²) in [5.41, 5.74) is 9.00. The number of morpholine rings is 1. The van der Waals surface area contributed by atoms with Crippen molar-refractivity contribution >= 4 is 46.1 Å². The van der Waals surface area contributed by atoms with E-state index in [1.165, 1.54) is 0 Å². The Hall–Kier alpha value is -1.70. The van der Waals surface area contributed by atoms with Gasteiger partial charge in [0.1, 0.15) is 4.99 Å². The summed E-state index contributed by atoms with van der Waals surface area (Å²) in [7, 11) is 0. The molecule has 1 heterocycles. The average Bonchev–Trinajstić information content (AvgIpc) is 2.48. The number of thiocarbonyl (C=S) groups is 1. The summed E-state index contributed by atoms with van der Waals surface area (Å²) in [6, 6.07) is 6.96. The topological polar surface area (TPSA) is 79.9 Å². The predicted molar refractivity (Wildman–Crippen MR) is 86.7 cm³/mol. The second-order valence-electron chi connectivity index (χ2n) is 4.35. The van der Waals surface area contributed by atoms with E-state index in [2.05, 4.69) is 10.5 Å². The third kappa shape index (κ3) is 4.38. The third-order valence-corrected chi connectivity index (χ3v) is 3.28. The van der Waals surface area contributed by atoms with E-state index in [4.69, 9.17) is 34.3 Å². The van der Waals surface area contributed by atoms with Gasteiger partial charge in [-0.05, 0) is 18.2 Å². The van der Waals surface area contributed by atoms with Gasteiger partial charge in [0, 0.05) is 18.1 Å². The minimum Gasteiger partial charge on any atom is -0.388 e. The first-order chi connectivity index (χ1) is 10.1. The van der Waals surface area contributed by atoms with Gasteiger partial charge in [0.25, 0.3) is 5.91 Å². The minimum absolute atomic E-state index is 0.0203. The second-order valence-corrected chi connectivity index (χ2v) is 5.23. The fourth-order valence-electron chi connectivity index (χ4n) is 1.80. The molecule has 1 aliphatic heterocycles. The molecule has 1 saturated heterocycles. The zero-order valence-corrected chi connectivity index (χ0v) is 12.8. The Labute approximate surface area is 132 Å². The number of ether oxygens (including phenoxy) is 1. The van der Waals surface area contributed by atoms with Crippen molar-refractivity contribution in [3.05, 3.63) is 29.3 Å². The number of rotatable bonds is 4. The molecule has 2 rings (SSSR count). The first kappa shape index (κ1) is 15.7. The van der Waals surface area contributed by atoms with Crippen LogP contribution < -0.4 is 11.2 Å². The minimum atomic E-state index is -0.305. The van der Waals surface area contributed by atoms with Gasteiger partial charge in [-0.2, -0.15) is 5.10 Å². The predicted octanol–water partition coefficient (Wildman–Crippen LogP) is 1.25. The number of nitrogens with one attached hydrogen (secondary N) is 1. The zero-order valence-electron chi connectivity index (χ0n) is 11.2. The molecule has 6 nitrogen and oxygen atoms in total. The number of nitrogens with zero attached hydrogens (tertiary/aromatic N) is 2. The van der Waals surface area contributed by atoms with Gasteiger partial charge in [-0.1, -0.05) is 29.9 Å². The lowest BCUT2D eigenvalue weighted by molar-refractivity contribution is -0.127. The van der Waals surface area contributed by atoms with E-state index in [9.17, 15) is 4.79 Å². The number of benzene rings is 1. The summed E-state index contributed by atoms with van der Waals surface area (Å²) >= 11 is 10.8. The molecule has 0 atom stereocenters. The highest BCUT2D eigenvalue weighted by Gasteiger charge is 2.23. The molecule has 1 fully saturated rings. The lowest BCUT2D eigenvalue weighted by atomic mass is 10.3. The normalized spacial score (nSPS) is 15.7. The number of carbonyl (C=O) groups excluding carboxylic acids is 1. The SMILES string of the molecule is NC(=S)/C(=N\Nc1cccc(Cl)c1)C(=O)N1CCOCC1. The Balaban J connectivity index is 2.12. The van der Waals surface area contributed by atoms with Crippen molar-refractivity contribution in [1.82, 2.24) is 4.90 Å². The van der Waals surface area contributed by atoms with Crippen LogP contribution in [-0.2, 0) is 9.53 Å². The number of hydrogen-bond donors (Lipinski definition) is 2. The van der Waals surface area contributed by atoms with Crippen molar-refractivity contribution in [1.29, 1.82) is 0 Å². The molecule has 3 N–H and O–H groups in total. The van der Waals surface area contributed by atoms with Crippen LogP contribution >= 0.6 is 23.8 Å². The van der Waals surface area contributed by atoms with Gasteiger partial charge in [-0.3, -0.25) is 10.2 Å². The standard InChI is InChI=1S/C13H15ClN4O2S/c14-9-2-1-3-10(8-9)16-17-11(12(15)21)13(19)18-4-6-20-7-5-18/h1-3,8,16H,4-7H2,(H2,15,21)/b17-11+. The zero-order chi connectivity index (χ0) is 15.2. The fraction of sp³-hybridized carbons (Fsp3) is 0.308. The first-order valence-corrected chi connectivity index (χ1v) is 7.12. The highest BCUT2D eigenvalue weighted by atomic mass is 35.5. The Morgan fingerprint density at radius 2 is 2.14 bits per heavy atom. The summed E-state index contributed by atoms with van der Waals surface area (Å²) in [5.74, 6) is -0.305. The molecule has 0 aromatic heterocycles. The number of hydrazone groups is 1. The van der Waals surface area contributed by atoms with Crippen molar-refractivity contribution < 1.29 is 9.53 Å². The van der Waals surface area contributed by atoms with Crippen molar-refractivity contribution in [2.24, 2.45) is 10.8 Å². The van der Waals surface area contributed by atoms with Crippen LogP contribution in [0.25, 0.3) is 0 Å². The Morgan fingerprint density at radius 3 is 2.76 bits per heavy atom. The summed E-state index contributed by atoms with van der Waals surface area (Å²) < 4.78 is 5.20.